The molecule has 0 aliphatic carbocycles. The summed E-state index contributed by atoms with van der Waals surface area (Å²) in [6.45, 7) is 1.97. The molecule has 0 saturated heterocycles. The fraction of sp³-hybridized carbons (Fsp3) is 0.500. The van der Waals surface area contributed by atoms with E-state index in [0.29, 0.717) is 5.75 Å². The van der Waals surface area contributed by atoms with Crippen LogP contribution in [0.4, 0.5) is 0 Å². The summed E-state index contributed by atoms with van der Waals surface area (Å²) in [7, 11) is 0. The van der Waals surface area contributed by atoms with E-state index in [1.54, 1.807) is 23.1 Å². The van der Waals surface area contributed by atoms with Crippen LogP contribution in [0.3, 0.4) is 0 Å². The molecule has 0 radical (unpaired) electrons. The van der Waals surface area contributed by atoms with Crippen molar-refractivity contribution in [3.63, 3.8) is 0 Å². The van der Waals surface area contributed by atoms with Gasteiger partial charge in [-0.3, -0.25) is 4.79 Å². The molecule has 13 heavy (non-hydrogen) atoms. The maximum Gasteiger partial charge on any atom is 0.304 e. The molecule has 0 atom stereocenters. The maximum atomic E-state index is 10.2. The van der Waals surface area contributed by atoms with Gasteiger partial charge >= 0.3 is 5.97 Å². The molecule has 3 nitrogen and oxygen atoms in total. The number of carboxylic acids is 1. The number of carboxylic acid groups (broad SMARTS) is 1. The minimum Gasteiger partial charge on any atom is -0.481 e. The van der Waals surface area contributed by atoms with E-state index in [9.17, 15) is 4.79 Å². The molecule has 72 valence electrons. The van der Waals surface area contributed by atoms with Gasteiger partial charge in [-0.15, -0.1) is 11.3 Å². The standard InChI is InChI=1S/C8H11NO2S2/c1-6-9-7(5-13-6)4-12-3-2-8(10)11/h5H,2-4H2,1H3,(H,10,11). The van der Waals surface area contributed by atoms with Crippen LogP contribution in [0.2, 0.25) is 0 Å². The number of hydrogen-bond acceptors (Lipinski definition) is 4. The van der Waals surface area contributed by atoms with Crippen molar-refractivity contribution < 1.29 is 9.90 Å². The molecule has 0 aromatic carbocycles. The Morgan fingerprint density at radius 1 is 1.77 bits per heavy atom. The summed E-state index contributed by atoms with van der Waals surface area (Å²) in [5, 5.41) is 11.5. The van der Waals surface area contributed by atoms with E-state index >= 15 is 0 Å². The monoisotopic (exact) mass is 217 g/mol. The van der Waals surface area contributed by atoms with Crippen LogP contribution in [-0.4, -0.2) is 21.8 Å². The molecule has 0 saturated carbocycles. The molecule has 1 aromatic rings. The quantitative estimate of drug-likeness (QED) is 0.768. The summed E-state index contributed by atoms with van der Waals surface area (Å²) >= 11 is 3.24. The van der Waals surface area contributed by atoms with Gasteiger partial charge in [-0.2, -0.15) is 11.8 Å². The lowest BCUT2D eigenvalue weighted by Crippen LogP contribution is -1.96. The lowest BCUT2D eigenvalue weighted by atomic mass is 10.5. The van der Waals surface area contributed by atoms with E-state index < -0.39 is 5.97 Å². The topological polar surface area (TPSA) is 50.2 Å². The summed E-state index contributed by atoms with van der Waals surface area (Å²) in [5.41, 5.74) is 1.05. The highest BCUT2D eigenvalue weighted by atomic mass is 32.2. The van der Waals surface area contributed by atoms with Crippen molar-refractivity contribution in [2.24, 2.45) is 0 Å². The van der Waals surface area contributed by atoms with E-state index in [-0.39, 0.29) is 6.42 Å². The SMILES string of the molecule is Cc1nc(CSCCC(=O)O)cs1. The van der Waals surface area contributed by atoms with Crippen molar-refractivity contribution in [3.8, 4) is 0 Å². The van der Waals surface area contributed by atoms with Gasteiger partial charge in [0.1, 0.15) is 0 Å². The first kappa shape index (κ1) is 10.5. The Labute approximate surface area is 85.2 Å². The molecule has 0 fully saturated rings. The van der Waals surface area contributed by atoms with E-state index in [4.69, 9.17) is 5.11 Å². The van der Waals surface area contributed by atoms with Gasteiger partial charge in [-0.05, 0) is 6.92 Å². The Bertz CT molecular complexity index is 285. The minimum absolute atomic E-state index is 0.230. The molecule has 0 spiro atoms. The Kier molecular flexibility index (Phi) is 4.24. The number of aromatic nitrogens is 1. The molecule has 5 heteroatoms. The molecule has 0 unspecified atom stereocenters. The Balaban J connectivity index is 2.16. The maximum absolute atomic E-state index is 10.2. The van der Waals surface area contributed by atoms with Gasteiger partial charge in [0.05, 0.1) is 17.1 Å². The molecule has 1 N–H and O–H groups in total. The highest BCUT2D eigenvalue weighted by Gasteiger charge is 2.00. The van der Waals surface area contributed by atoms with Crippen LogP contribution in [0.5, 0.6) is 0 Å². The molecule has 0 aliphatic heterocycles. The third kappa shape index (κ3) is 4.28. The van der Waals surface area contributed by atoms with Crippen molar-refractivity contribution in [2.45, 2.75) is 19.1 Å². The second kappa shape index (κ2) is 5.24. The third-order valence-electron chi connectivity index (χ3n) is 1.38. The number of thiazole rings is 1. The highest BCUT2D eigenvalue weighted by molar-refractivity contribution is 7.98. The van der Waals surface area contributed by atoms with Gasteiger partial charge in [0.25, 0.3) is 0 Å². The first-order chi connectivity index (χ1) is 6.18. The molecule has 1 rings (SSSR count). The molecule has 0 bridgehead atoms. The Morgan fingerprint density at radius 2 is 2.54 bits per heavy atom. The predicted molar refractivity (Wildman–Crippen MR) is 55.3 cm³/mol. The molecule has 0 amide bonds. The number of rotatable bonds is 5. The van der Waals surface area contributed by atoms with Crippen LogP contribution in [0.25, 0.3) is 0 Å². The summed E-state index contributed by atoms with van der Waals surface area (Å²) in [6, 6.07) is 0. The smallest absolute Gasteiger partial charge is 0.304 e. The van der Waals surface area contributed by atoms with Crippen LogP contribution in [0.1, 0.15) is 17.1 Å². The zero-order valence-corrected chi connectivity index (χ0v) is 8.95. The van der Waals surface area contributed by atoms with Crippen LogP contribution >= 0.6 is 23.1 Å². The van der Waals surface area contributed by atoms with Gasteiger partial charge < -0.3 is 5.11 Å². The number of thioether (sulfide) groups is 1. The van der Waals surface area contributed by atoms with Crippen molar-refractivity contribution in [1.29, 1.82) is 0 Å². The van der Waals surface area contributed by atoms with Gasteiger partial charge in [0.15, 0.2) is 0 Å². The molecule has 1 heterocycles. The fourth-order valence-electron chi connectivity index (χ4n) is 0.811. The van der Waals surface area contributed by atoms with Crippen molar-refractivity contribution in [3.05, 3.63) is 16.1 Å². The molecule has 0 aliphatic rings. The fourth-order valence-corrected chi connectivity index (χ4v) is 2.35. The summed E-state index contributed by atoms with van der Waals surface area (Å²) < 4.78 is 0. The van der Waals surface area contributed by atoms with E-state index in [1.165, 1.54) is 0 Å². The largest absolute Gasteiger partial charge is 0.481 e. The van der Waals surface area contributed by atoms with Crippen LogP contribution < -0.4 is 0 Å². The van der Waals surface area contributed by atoms with Gasteiger partial charge in [0.2, 0.25) is 0 Å². The summed E-state index contributed by atoms with van der Waals surface area (Å²) in [4.78, 5) is 14.5. The summed E-state index contributed by atoms with van der Waals surface area (Å²) in [6.07, 6.45) is 0.230. The molecular formula is C8H11NO2S2. The molecule has 1 aromatic heterocycles. The first-order valence-electron chi connectivity index (χ1n) is 3.89. The minimum atomic E-state index is -0.734. The number of carbonyl (C=O) groups is 1. The van der Waals surface area contributed by atoms with Crippen molar-refractivity contribution >= 4 is 29.1 Å². The average molecular weight is 217 g/mol. The zero-order chi connectivity index (χ0) is 9.68. The third-order valence-corrected chi connectivity index (χ3v) is 3.19. The van der Waals surface area contributed by atoms with Gasteiger partial charge in [0, 0.05) is 16.9 Å². The number of aryl methyl sites for hydroxylation is 1. The molecular weight excluding hydrogens is 206 g/mol. The Hall–Kier alpha value is -0.550. The second-order valence-corrected chi connectivity index (χ2v) is 4.72. The van der Waals surface area contributed by atoms with E-state index in [0.717, 1.165) is 16.5 Å². The van der Waals surface area contributed by atoms with Gasteiger partial charge in [-0.1, -0.05) is 0 Å². The van der Waals surface area contributed by atoms with Crippen molar-refractivity contribution in [2.75, 3.05) is 5.75 Å². The van der Waals surface area contributed by atoms with Crippen molar-refractivity contribution in [1.82, 2.24) is 4.98 Å². The van der Waals surface area contributed by atoms with Gasteiger partial charge in [-0.25, -0.2) is 4.98 Å². The van der Waals surface area contributed by atoms with E-state index in [1.807, 2.05) is 12.3 Å². The number of hydrogen-bond donors (Lipinski definition) is 1. The Morgan fingerprint density at radius 3 is 3.08 bits per heavy atom. The lowest BCUT2D eigenvalue weighted by Gasteiger charge is -1.95. The zero-order valence-electron chi connectivity index (χ0n) is 7.32. The summed E-state index contributed by atoms with van der Waals surface area (Å²) in [5.74, 6) is 0.741. The number of nitrogens with zero attached hydrogens (tertiary/aromatic N) is 1. The lowest BCUT2D eigenvalue weighted by molar-refractivity contribution is -0.136. The second-order valence-electron chi connectivity index (χ2n) is 2.55. The van der Waals surface area contributed by atoms with E-state index in [2.05, 4.69) is 4.98 Å². The van der Waals surface area contributed by atoms with Crippen LogP contribution in [-0.2, 0) is 10.5 Å². The van der Waals surface area contributed by atoms with Crippen LogP contribution in [0.15, 0.2) is 5.38 Å². The first-order valence-corrected chi connectivity index (χ1v) is 5.92. The van der Waals surface area contributed by atoms with Crippen LogP contribution in [0, 0.1) is 6.92 Å². The normalized spacial score (nSPS) is 10.2. The predicted octanol–water partition coefficient (Wildman–Crippen LogP) is 2.16. The highest BCUT2D eigenvalue weighted by Crippen LogP contribution is 2.15. The average Bonchev–Trinajstić information content (AvgIpc) is 2.45. The number of aliphatic carboxylic acids is 1.